The highest BCUT2D eigenvalue weighted by Crippen LogP contribution is 2.53. The Balaban J connectivity index is 1.96. The van der Waals surface area contributed by atoms with Gasteiger partial charge in [0.25, 0.3) is 0 Å². The maximum absolute atomic E-state index is 13.3. The summed E-state index contributed by atoms with van der Waals surface area (Å²) >= 11 is 0. The van der Waals surface area contributed by atoms with E-state index in [1.165, 1.54) is 0 Å². The third kappa shape index (κ3) is 3.15. The minimum atomic E-state index is -0.286. The summed E-state index contributed by atoms with van der Waals surface area (Å²) in [6.07, 6.45) is 2.47. The van der Waals surface area contributed by atoms with E-state index >= 15 is 0 Å². The lowest BCUT2D eigenvalue weighted by atomic mass is 9.65. The number of hydrogen-bond acceptors (Lipinski definition) is 3. The summed E-state index contributed by atoms with van der Waals surface area (Å²) in [5.74, 6) is 1.54. The van der Waals surface area contributed by atoms with Crippen molar-refractivity contribution in [1.29, 1.82) is 0 Å². The van der Waals surface area contributed by atoms with E-state index in [0.717, 1.165) is 52.2 Å². The van der Waals surface area contributed by atoms with Gasteiger partial charge in [-0.05, 0) is 35.8 Å². The zero-order valence-corrected chi connectivity index (χ0v) is 17.9. The van der Waals surface area contributed by atoms with Crippen molar-refractivity contribution >= 4 is 11.6 Å². The number of Topliss-reactive ketones (excluding diaryl/α,β-unsaturated/α-hetero) is 2. The highest BCUT2D eigenvalue weighted by Gasteiger charge is 2.48. The maximum Gasteiger partial charge on any atom is 0.163 e. The molecule has 2 aliphatic carbocycles. The molecule has 0 amide bonds. The van der Waals surface area contributed by atoms with Crippen LogP contribution in [0.3, 0.4) is 0 Å². The largest absolute Gasteiger partial charge is 0.465 e. The first-order valence-corrected chi connectivity index (χ1v) is 10.2. The number of rotatable bonds is 1. The van der Waals surface area contributed by atoms with Crippen LogP contribution in [0.5, 0.6) is 0 Å². The standard InChI is InChI=1S/C25H30O3/c1-14-7-8-15(2)16(9-14)21-22-17(26)10-24(3,4)12-19(22)28-20-13-25(5,6)11-18(27)23(20)21/h7-9,21H,10-13H2,1-6H3. The topological polar surface area (TPSA) is 43.4 Å². The van der Waals surface area contributed by atoms with Crippen LogP contribution in [-0.2, 0) is 14.3 Å². The van der Waals surface area contributed by atoms with Crippen LogP contribution < -0.4 is 0 Å². The monoisotopic (exact) mass is 378 g/mol. The van der Waals surface area contributed by atoms with E-state index in [4.69, 9.17) is 4.74 Å². The highest BCUT2D eigenvalue weighted by molar-refractivity contribution is 6.06. The quantitative estimate of drug-likeness (QED) is 0.629. The molecular weight excluding hydrogens is 348 g/mol. The molecule has 0 atom stereocenters. The van der Waals surface area contributed by atoms with Crippen molar-refractivity contribution in [2.24, 2.45) is 10.8 Å². The molecule has 3 nitrogen and oxygen atoms in total. The van der Waals surface area contributed by atoms with E-state index in [0.29, 0.717) is 12.8 Å². The summed E-state index contributed by atoms with van der Waals surface area (Å²) in [6, 6.07) is 6.32. The number of benzene rings is 1. The summed E-state index contributed by atoms with van der Waals surface area (Å²) in [6.45, 7) is 12.6. The van der Waals surface area contributed by atoms with Crippen LogP contribution in [0, 0.1) is 24.7 Å². The zero-order chi connectivity index (χ0) is 20.4. The van der Waals surface area contributed by atoms with Gasteiger partial charge in [-0.25, -0.2) is 0 Å². The number of carbonyl (C=O) groups is 2. The first-order valence-electron chi connectivity index (χ1n) is 10.2. The van der Waals surface area contributed by atoms with Gasteiger partial charge >= 0.3 is 0 Å². The lowest BCUT2D eigenvalue weighted by Crippen LogP contribution is -2.37. The Bertz CT molecular complexity index is 904. The van der Waals surface area contributed by atoms with Gasteiger partial charge in [0.1, 0.15) is 11.5 Å². The maximum atomic E-state index is 13.3. The molecule has 0 unspecified atom stereocenters. The van der Waals surface area contributed by atoms with Crippen molar-refractivity contribution in [2.45, 2.75) is 73.1 Å². The molecule has 0 fully saturated rings. The Morgan fingerprint density at radius 1 is 0.821 bits per heavy atom. The fraction of sp³-hybridized carbons (Fsp3) is 0.520. The van der Waals surface area contributed by atoms with Crippen molar-refractivity contribution in [3.63, 3.8) is 0 Å². The molecule has 0 spiro atoms. The van der Waals surface area contributed by atoms with E-state index in [-0.39, 0.29) is 28.3 Å². The second kappa shape index (κ2) is 6.17. The fourth-order valence-corrected chi connectivity index (χ4v) is 5.06. The minimum absolute atomic E-state index is 0.117. The van der Waals surface area contributed by atoms with Gasteiger partial charge in [-0.15, -0.1) is 0 Å². The second-order valence-corrected chi connectivity index (χ2v) is 10.5. The first-order chi connectivity index (χ1) is 13.0. The third-order valence-electron chi connectivity index (χ3n) is 6.33. The molecule has 4 rings (SSSR count). The molecule has 0 aromatic heterocycles. The van der Waals surface area contributed by atoms with Crippen LogP contribution >= 0.6 is 0 Å². The van der Waals surface area contributed by atoms with Gasteiger partial charge < -0.3 is 4.74 Å². The fourth-order valence-electron chi connectivity index (χ4n) is 5.06. The Kier molecular flexibility index (Phi) is 4.22. The van der Waals surface area contributed by atoms with Gasteiger partial charge in [0.15, 0.2) is 11.6 Å². The number of hydrogen-bond donors (Lipinski definition) is 0. The lowest BCUT2D eigenvalue weighted by Gasteiger charge is -2.43. The molecule has 0 radical (unpaired) electrons. The van der Waals surface area contributed by atoms with Gasteiger partial charge in [0.05, 0.1) is 0 Å². The zero-order valence-electron chi connectivity index (χ0n) is 17.9. The number of aryl methyl sites for hydroxylation is 2. The van der Waals surface area contributed by atoms with Gasteiger partial charge in [0, 0.05) is 42.7 Å². The van der Waals surface area contributed by atoms with Gasteiger partial charge in [0.2, 0.25) is 0 Å². The summed E-state index contributed by atoms with van der Waals surface area (Å²) < 4.78 is 6.35. The van der Waals surface area contributed by atoms with Crippen LogP contribution in [0.15, 0.2) is 40.9 Å². The molecule has 148 valence electrons. The van der Waals surface area contributed by atoms with Crippen molar-refractivity contribution in [3.8, 4) is 0 Å². The van der Waals surface area contributed by atoms with Crippen molar-refractivity contribution in [1.82, 2.24) is 0 Å². The molecule has 1 heterocycles. The van der Waals surface area contributed by atoms with Gasteiger partial charge in [-0.1, -0.05) is 51.5 Å². The highest BCUT2D eigenvalue weighted by atomic mass is 16.5. The molecule has 1 aliphatic heterocycles. The summed E-state index contributed by atoms with van der Waals surface area (Å²) in [4.78, 5) is 26.5. The number of carbonyl (C=O) groups excluding carboxylic acids is 2. The van der Waals surface area contributed by atoms with E-state index < -0.39 is 0 Å². The Morgan fingerprint density at radius 2 is 1.32 bits per heavy atom. The van der Waals surface area contributed by atoms with Crippen molar-refractivity contribution in [2.75, 3.05) is 0 Å². The van der Waals surface area contributed by atoms with E-state index in [1.807, 2.05) is 0 Å². The lowest BCUT2D eigenvalue weighted by molar-refractivity contribution is -0.120. The van der Waals surface area contributed by atoms with E-state index in [1.54, 1.807) is 0 Å². The number of allylic oxidation sites excluding steroid dienone is 4. The molecule has 28 heavy (non-hydrogen) atoms. The first kappa shape index (κ1) is 19.2. The third-order valence-corrected chi connectivity index (χ3v) is 6.33. The van der Waals surface area contributed by atoms with Gasteiger partial charge in [-0.3, -0.25) is 9.59 Å². The molecule has 3 aliphatic rings. The molecule has 1 aromatic rings. The van der Waals surface area contributed by atoms with Gasteiger partial charge in [-0.2, -0.15) is 0 Å². The van der Waals surface area contributed by atoms with Crippen LogP contribution in [0.1, 0.15) is 76.0 Å². The molecule has 0 saturated carbocycles. The van der Waals surface area contributed by atoms with Crippen molar-refractivity contribution in [3.05, 3.63) is 57.6 Å². The molecule has 0 saturated heterocycles. The van der Waals surface area contributed by atoms with Crippen LogP contribution in [-0.4, -0.2) is 11.6 Å². The summed E-state index contributed by atoms with van der Waals surface area (Å²) in [5.41, 5.74) is 4.54. The predicted molar refractivity (Wildman–Crippen MR) is 110 cm³/mol. The summed E-state index contributed by atoms with van der Waals surface area (Å²) in [7, 11) is 0. The number of ether oxygens (including phenoxy) is 1. The summed E-state index contributed by atoms with van der Waals surface area (Å²) in [5, 5.41) is 0. The Hall–Kier alpha value is -2.16. The Labute approximate surface area is 167 Å². The smallest absolute Gasteiger partial charge is 0.163 e. The Morgan fingerprint density at radius 3 is 1.82 bits per heavy atom. The van der Waals surface area contributed by atoms with Crippen LogP contribution in [0.4, 0.5) is 0 Å². The van der Waals surface area contributed by atoms with Crippen LogP contribution in [0.2, 0.25) is 0 Å². The SMILES string of the molecule is Cc1ccc(C)c(C2C3=C(CC(C)(C)CC3=O)OC3=C2C(=O)CC(C)(C)C3)c1. The molecule has 1 aromatic carbocycles. The van der Waals surface area contributed by atoms with E-state index in [2.05, 4.69) is 59.7 Å². The predicted octanol–water partition coefficient (Wildman–Crippen LogP) is 5.70. The average Bonchev–Trinajstić information content (AvgIpc) is 2.52. The molecule has 3 heteroatoms. The van der Waals surface area contributed by atoms with E-state index in [9.17, 15) is 9.59 Å². The molecule has 0 N–H and O–H groups in total. The normalized spacial score (nSPS) is 24.1. The van der Waals surface area contributed by atoms with Crippen LogP contribution in [0.25, 0.3) is 0 Å². The molecular formula is C25H30O3. The van der Waals surface area contributed by atoms with Crippen molar-refractivity contribution < 1.29 is 14.3 Å². The minimum Gasteiger partial charge on any atom is -0.465 e. The molecule has 0 bridgehead atoms. The second-order valence-electron chi connectivity index (χ2n) is 10.5. The average molecular weight is 379 g/mol. The number of ketones is 2.